The normalized spacial score (nSPS) is 16.2. The minimum Gasteiger partial charge on any atom is -0.295 e. The topological polar surface area (TPSA) is 44.2 Å². The van der Waals surface area contributed by atoms with E-state index >= 15 is 0 Å². The average molecular weight is 408 g/mol. The Morgan fingerprint density at radius 3 is 1.80 bits per heavy atom. The number of amidine groups is 1. The molecule has 0 saturated carbocycles. The number of amides is 1. The molecule has 1 aliphatic heterocycles. The number of carbonyl (C=O) groups is 1. The largest absolute Gasteiger partial charge is 0.416 e. The van der Waals surface area contributed by atoms with Crippen LogP contribution in [0.15, 0.2) is 84.9 Å². The fourth-order valence-electron chi connectivity index (χ4n) is 3.99. The Hall–Kier alpha value is -3.41. The van der Waals surface area contributed by atoms with Crippen molar-refractivity contribution in [3.05, 3.63) is 107 Å². The fourth-order valence-corrected chi connectivity index (χ4v) is 3.99. The summed E-state index contributed by atoms with van der Waals surface area (Å²) in [6, 6.07) is 23.4. The van der Waals surface area contributed by atoms with Crippen LogP contribution in [0.3, 0.4) is 0 Å². The van der Waals surface area contributed by atoms with E-state index in [2.05, 4.69) is 0 Å². The molecule has 6 heteroatoms. The van der Waals surface area contributed by atoms with Crippen molar-refractivity contribution in [2.45, 2.75) is 24.6 Å². The van der Waals surface area contributed by atoms with Crippen LogP contribution < -0.4 is 0 Å². The maximum absolute atomic E-state index is 13.7. The average Bonchev–Trinajstić information content (AvgIpc) is 3.00. The molecule has 1 amide bonds. The zero-order valence-electron chi connectivity index (χ0n) is 16.0. The molecule has 0 bridgehead atoms. The lowest BCUT2D eigenvalue weighted by atomic mass is 9.73. The number of nitrogens with zero attached hydrogens (tertiary/aromatic N) is 1. The van der Waals surface area contributed by atoms with E-state index in [1.165, 1.54) is 17.0 Å². The summed E-state index contributed by atoms with van der Waals surface area (Å²) in [6.07, 6.45) is -4.22. The van der Waals surface area contributed by atoms with E-state index in [1.54, 1.807) is 0 Å². The predicted octanol–water partition coefficient (Wildman–Crippen LogP) is 5.40. The maximum Gasteiger partial charge on any atom is 0.416 e. The summed E-state index contributed by atoms with van der Waals surface area (Å²) >= 11 is 0. The molecule has 0 radical (unpaired) electrons. The summed E-state index contributed by atoms with van der Waals surface area (Å²) in [4.78, 5) is 15.0. The summed E-state index contributed by atoms with van der Waals surface area (Å²) in [5, 5.41) is 8.51. The summed E-state index contributed by atoms with van der Waals surface area (Å²) in [5.41, 5.74) is 0.364. The summed E-state index contributed by atoms with van der Waals surface area (Å²) in [5.74, 6) is -0.0996. The summed E-state index contributed by atoms with van der Waals surface area (Å²) in [7, 11) is 0. The van der Waals surface area contributed by atoms with Crippen molar-refractivity contribution in [2.75, 3.05) is 0 Å². The molecule has 1 heterocycles. The van der Waals surface area contributed by atoms with Gasteiger partial charge in [-0.3, -0.25) is 15.1 Å². The first-order chi connectivity index (χ1) is 14.3. The van der Waals surface area contributed by atoms with Gasteiger partial charge in [-0.05, 0) is 28.8 Å². The minimum atomic E-state index is -4.41. The van der Waals surface area contributed by atoms with E-state index in [9.17, 15) is 18.0 Å². The maximum atomic E-state index is 13.7. The molecule has 0 unspecified atom stereocenters. The summed E-state index contributed by atoms with van der Waals surface area (Å²) in [6.45, 7) is 0.0528. The van der Waals surface area contributed by atoms with Gasteiger partial charge in [0, 0.05) is 6.42 Å². The molecule has 0 atom stereocenters. The molecule has 4 rings (SSSR count). The number of rotatable bonds is 4. The molecule has 30 heavy (non-hydrogen) atoms. The molecular formula is C24H19F3N2O. The molecule has 1 fully saturated rings. The molecule has 0 spiro atoms. The lowest BCUT2D eigenvalue weighted by molar-refractivity contribution is -0.137. The zero-order chi connectivity index (χ0) is 21.4. The first kappa shape index (κ1) is 19.9. The molecule has 152 valence electrons. The van der Waals surface area contributed by atoms with Gasteiger partial charge in [0.1, 0.15) is 11.3 Å². The second kappa shape index (κ2) is 7.44. The van der Waals surface area contributed by atoms with Gasteiger partial charge >= 0.3 is 6.18 Å². The lowest BCUT2D eigenvalue weighted by Crippen LogP contribution is -2.39. The summed E-state index contributed by atoms with van der Waals surface area (Å²) < 4.78 is 38.5. The van der Waals surface area contributed by atoms with Gasteiger partial charge in [-0.15, -0.1) is 0 Å². The van der Waals surface area contributed by atoms with Crippen LogP contribution in [0.2, 0.25) is 0 Å². The monoisotopic (exact) mass is 408 g/mol. The van der Waals surface area contributed by atoms with Gasteiger partial charge in [-0.2, -0.15) is 13.2 Å². The molecule has 3 aromatic carbocycles. The third kappa shape index (κ3) is 3.38. The quantitative estimate of drug-likeness (QED) is 0.617. The van der Waals surface area contributed by atoms with Gasteiger partial charge < -0.3 is 0 Å². The molecule has 1 aliphatic rings. The highest BCUT2D eigenvalue weighted by atomic mass is 19.4. The Labute approximate surface area is 172 Å². The van der Waals surface area contributed by atoms with Gasteiger partial charge in [0.05, 0.1) is 12.1 Å². The predicted molar refractivity (Wildman–Crippen MR) is 108 cm³/mol. The first-order valence-corrected chi connectivity index (χ1v) is 9.49. The van der Waals surface area contributed by atoms with Crippen LogP contribution in [0.25, 0.3) is 0 Å². The first-order valence-electron chi connectivity index (χ1n) is 9.49. The van der Waals surface area contributed by atoms with Crippen LogP contribution in [0.4, 0.5) is 13.2 Å². The van der Waals surface area contributed by atoms with Crippen molar-refractivity contribution in [1.29, 1.82) is 5.41 Å². The Morgan fingerprint density at radius 2 is 1.33 bits per heavy atom. The van der Waals surface area contributed by atoms with Gasteiger partial charge in [-0.25, -0.2) is 0 Å². The number of halogens is 3. The molecular weight excluding hydrogens is 389 g/mol. The van der Waals surface area contributed by atoms with Gasteiger partial charge in [0.25, 0.3) is 0 Å². The van der Waals surface area contributed by atoms with Gasteiger partial charge in [0.2, 0.25) is 5.91 Å². The number of hydrogen-bond donors (Lipinski definition) is 1. The second-order valence-corrected chi connectivity index (χ2v) is 7.35. The third-order valence-corrected chi connectivity index (χ3v) is 5.52. The molecule has 1 saturated heterocycles. The van der Waals surface area contributed by atoms with E-state index in [4.69, 9.17) is 5.41 Å². The number of benzene rings is 3. The van der Waals surface area contributed by atoms with E-state index in [-0.39, 0.29) is 24.7 Å². The third-order valence-electron chi connectivity index (χ3n) is 5.52. The standard InChI is InChI=1S/C24H19F3N2O/c25-24(26,27)20-13-11-17(12-14-20)16-29-21(28)15-23(22(29)30,18-7-3-1-4-8-18)19-9-5-2-6-10-19/h1-14,28H,15-16H2. The fraction of sp³-hybridized carbons (Fsp3) is 0.167. The highest BCUT2D eigenvalue weighted by molar-refractivity contribution is 6.12. The van der Waals surface area contributed by atoms with E-state index in [0.29, 0.717) is 5.56 Å². The number of alkyl halides is 3. The van der Waals surface area contributed by atoms with E-state index in [0.717, 1.165) is 23.3 Å². The number of nitrogens with one attached hydrogen (secondary N) is 1. The van der Waals surface area contributed by atoms with Crippen molar-refractivity contribution in [3.8, 4) is 0 Å². The molecule has 3 nitrogen and oxygen atoms in total. The van der Waals surface area contributed by atoms with E-state index in [1.807, 2.05) is 60.7 Å². The Kier molecular flexibility index (Phi) is 4.94. The van der Waals surface area contributed by atoms with Crippen molar-refractivity contribution < 1.29 is 18.0 Å². The van der Waals surface area contributed by atoms with Crippen LogP contribution in [-0.4, -0.2) is 16.6 Å². The smallest absolute Gasteiger partial charge is 0.295 e. The minimum absolute atomic E-state index is 0.0528. The van der Waals surface area contributed by atoms with Crippen LogP contribution >= 0.6 is 0 Å². The molecule has 1 N–H and O–H groups in total. The second-order valence-electron chi connectivity index (χ2n) is 7.35. The van der Waals surface area contributed by atoms with Crippen molar-refractivity contribution in [3.63, 3.8) is 0 Å². The van der Waals surface area contributed by atoms with Crippen molar-refractivity contribution >= 4 is 11.7 Å². The van der Waals surface area contributed by atoms with Crippen LogP contribution in [0, 0.1) is 5.41 Å². The Morgan fingerprint density at radius 1 is 0.833 bits per heavy atom. The van der Waals surface area contributed by atoms with Gasteiger partial charge in [0.15, 0.2) is 0 Å². The van der Waals surface area contributed by atoms with Gasteiger partial charge in [-0.1, -0.05) is 72.8 Å². The van der Waals surface area contributed by atoms with E-state index < -0.39 is 17.2 Å². The highest BCUT2D eigenvalue weighted by Gasteiger charge is 2.52. The van der Waals surface area contributed by atoms with Crippen LogP contribution in [0.5, 0.6) is 0 Å². The van der Waals surface area contributed by atoms with Crippen molar-refractivity contribution in [1.82, 2.24) is 4.90 Å². The molecule has 0 aliphatic carbocycles. The number of hydrogen-bond acceptors (Lipinski definition) is 2. The molecule has 0 aromatic heterocycles. The SMILES string of the molecule is N=C1CC(c2ccccc2)(c2ccccc2)C(=O)N1Cc1ccc(C(F)(F)F)cc1. The number of carbonyl (C=O) groups excluding carboxylic acids is 1. The Bertz CT molecular complexity index is 1020. The zero-order valence-corrected chi connectivity index (χ0v) is 16.0. The highest BCUT2D eigenvalue weighted by Crippen LogP contribution is 2.43. The number of likely N-dealkylation sites (tertiary alicyclic amines) is 1. The van der Waals surface area contributed by atoms with Crippen LogP contribution in [-0.2, 0) is 22.9 Å². The van der Waals surface area contributed by atoms with Crippen molar-refractivity contribution in [2.24, 2.45) is 0 Å². The Balaban J connectivity index is 1.71. The lowest BCUT2D eigenvalue weighted by Gasteiger charge is -2.28. The van der Waals surface area contributed by atoms with Crippen LogP contribution in [0.1, 0.15) is 28.7 Å². The molecule has 3 aromatic rings.